The minimum atomic E-state index is -0.118. The van der Waals surface area contributed by atoms with Crippen molar-refractivity contribution in [1.82, 2.24) is 19.7 Å². The van der Waals surface area contributed by atoms with E-state index in [1.165, 1.54) is 11.8 Å². The van der Waals surface area contributed by atoms with Gasteiger partial charge < -0.3 is 14.8 Å². The minimum Gasteiger partial charge on any atom is -0.328 e. The maximum absolute atomic E-state index is 13.2. The Bertz CT molecular complexity index is 1190. The van der Waals surface area contributed by atoms with Crippen LogP contribution in [0.4, 0.5) is 5.69 Å². The highest BCUT2D eigenvalue weighted by Crippen LogP contribution is 2.33. The number of aromatic nitrogens is 3. The van der Waals surface area contributed by atoms with Crippen molar-refractivity contribution in [1.29, 1.82) is 0 Å². The fraction of sp³-hybridized carbons (Fsp3) is 0.360. The Hall–Kier alpha value is -3.13. The molecule has 1 atom stereocenters. The highest BCUT2D eigenvalue weighted by molar-refractivity contribution is 7.99. The number of amides is 2. The van der Waals surface area contributed by atoms with Crippen LogP contribution in [0.5, 0.6) is 0 Å². The van der Waals surface area contributed by atoms with E-state index >= 15 is 0 Å². The van der Waals surface area contributed by atoms with Gasteiger partial charge in [0.15, 0.2) is 11.0 Å². The molecule has 33 heavy (non-hydrogen) atoms. The van der Waals surface area contributed by atoms with Crippen LogP contribution in [-0.4, -0.2) is 43.8 Å². The summed E-state index contributed by atoms with van der Waals surface area (Å²) in [5, 5.41) is 12.3. The van der Waals surface area contributed by atoms with Gasteiger partial charge in [-0.3, -0.25) is 9.59 Å². The second-order valence-corrected chi connectivity index (χ2v) is 9.47. The van der Waals surface area contributed by atoms with Gasteiger partial charge in [0.25, 0.3) is 5.91 Å². The summed E-state index contributed by atoms with van der Waals surface area (Å²) in [5.41, 5.74) is 4.71. The van der Waals surface area contributed by atoms with E-state index in [0.29, 0.717) is 11.7 Å². The Morgan fingerprint density at radius 2 is 1.88 bits per heavy atom. The van der Waals surface area contributed by atoms with Crippen LogP contribution in [-0.2, 0) is 11.8 Å². The highest BCUT2D eigenvalue weighted by Gasteiger charge is 2.34. The monoisotopic (exact) mass is 463 g/mol. The van der Waals surface area contributed by atoms with Crippen LogP contribution in [0.2, 0.25) is 0 Å². The predicted molar refractivity (Wildman–Crippen MR) is 130 cm³/mol. The molecule has 0 spiro atoms. The van der Waals surface area contributed by atoms with Crippen molar-refractivity contribution < 1.29 is 9.59 Å². The first-order valence-electron chi connectivity index (χ1n) is 11.1. The third kappa shape index (κ3) is 4.95. The van der Waals surface area contributed by atoms with E-state index in [0.717, 1.165) is 46.6 Å². The largest absolute Gasteiger partial charge is 0.328 e. The Balaban J connectivity index is 1.43. The third-order valence-corrected chi connectivity index (χ3v) is 7.06. The van der Waals surface area contributed by atoms with Crippen LogP contribution in [0.15, 0.2) is 47.6 Å². The third-order valence-electron chi connectivity index (χ3n) is 6.04. The number of aryl methyl sites for hydroxylation is 3. The molecule has 0 aliphatic carbocycles. The van der Waals surface area contributed by atoms with Gasteiger partial charge in [-0.25, -0.2) is 0 Å². The zero-order valence-electron chi connectivity index (χ0n) is 19.5. The molecular weight excluding hydrogens is 434 g/mol. The zero-order valence-corrected chi connectivity index (χ0v) is 20.3. The lowest BCUT2D eigenvalue weighted by Crippen LogP contribution is -2.32. The lowest BCUT2D eigenvalue weighted by atomic mass is 10.1. The quantitative estimate of drug-likeness (QED) is 0.547. The molecule has 1 aromatic heterocycles. The number of thioether (sulfide) groups is 1. The van der Waals surface area contributed by atoms with Crippen molar-refractivity contribution >= 4 is 29.3 Å². The van der Waals surface area contributed by atoms with Gasteiger partial charge in [-0.1, -0.05) is 47.7 Å². The first-order chi connectivity index (χ1) is 15.8. The normalized spacial score (nSPS) is 15.6. The molecular formula is C25H29N5O2S. The average Bonchev–Trinajstić information content (AvgIpc) is 3.40. The van der Waals surface area contributed by atoms with E-state index in [9.17, 15) is 9.59 Å². The maximum Gasteiger partial charge on any atom is 0.254 e. The summed E-state index contributed by atoms with van der Waals surface area (Å²) < 4.78 is 1.91. The number of carbonyl (C=O) groups is 2. The van der Waals surface area contributed by atoms with Gasteiger partial charge in [-0.05, 0) is 56.9 Å². The number of rotatable bonds is 6. The van der Waals surface area contributed by atoms with Crippen LogP contribution in [0, 0.1) is 20.8 Å². The molecule has 1 aliphatic rings. The number of likely N-dealkylation sites (tertiary alicyclic amines) is 1. The molecule has 1 fully saturated rings. The van der Waals surface area contributed by atoms with Crippen LogP contribution in [0.3, 0.4) is 0 Å². The zero-order chi connectivity index (χ0) is 23.5. The summed E-state index contributed by atoms with van der Waals surface area (Å²) in [4.78, 5) is 27.6. The van der Waals surface area contributed by atoms with E-state index in [2.05, 4.69) is 15.5 Å². The molecule has 1 unspecified atom stereocenters. The van der Waals surface area contributed by atoms with E-state index in [4.69, 9.17) is 0 Å². The van der Waals surface area contributed by atoms with Gasteiger partial charge in [0, 0.05) is 24.8 Å². The van der Waals surface area contributed by atoms with Crippen molar-refractivity contribution in [3.05, 3.63) is 70.5 Å². The summed E-state index contributed by atoms with van der Waals surface area (Å²) in [7, 11) is 1.90. The molecule has 1 N–H and O–H groups in total. The molecule has 2 heterocycles. The SMILES string of the molecule is Cc1ccc(NC(=O)CSc2nnc(C3CCCN3C(=O)c3ccccc3C)n2C)c(C)c1. The van der Waals surface area contributed by atoms with E-state index in [1.54, 1.807) is 0 Å². The summed E-state index contributed by atoms with van der Waals surface area (Å²) in [6, 6.07) is 13.5. The Kier molecular flexibility index (Phi) is 6.83. The van der Waals surface area contributed by atoms with Crippen LogP contribution in [0.1, 0.15) is 51.8 Å². The van der Waals surface area contributed by atoms with Crippen LogP contribution < -0.4 is 5.32 Å². The van der Waals surface area contributed by atoms with Crippen molar-refractivity contribution in [3.8, 4) is 0 Å². The van der Waals surface area contributed by atoms with Crippen LogP contribution in [0.25, 0.3) is 0 Å². The number of benzene rings is 2. The van der Waals surface area contributed by atoms with E-state index < -0.39 is 0 Å². The fourth-order valence-corrected chi connectivity index (χ4v) is 4.98. The summed E-state index contributed by atoms with van der Waals surface area (Å²) >= 11 is 1.35. The van der Waals surface area contributed by atoms with E-state index in [1.807, 2.05) is 79.8 Å². The van der Waals surface area contributed by atoms with Gasteiger partial charge in [0.1, 0.15) is 0 Å². The summed E-state index contributed by atoms with van der Waals surface area (Å²) in [5.74, 6) is 0.927. The number of anilines is 1. The molecule has 1 saturated heterocycles. The molecule has 8 heteroatoms. The van der Waals surface area contributed by atoms with Crippen LogP contribution >= 0.6 is 11.8 Å². The number of nitrogens with one attached hydrogen (secondary N) is 1. The fourth-order valence-electron chi connectivity index (χ4n) is 4.26. The minimum absolute atomic E-state index is 0.0284. The second kappa shape index (κ2) is 9.79. The summed E-state index contributed by atoms with van der Waals surface area (Å²) in [6.45, 7) is 6.67. The topological polar surface area (TPSA) is 80.1 Å². The average molecular weight is 464 g/mol. The Morgan fingerprint density at radius 3 is 2.64 bits per heavy atom. The molecule has 2 amide bonds. The molecule has 1 aliphatic heterocycles. The number of nitrogens with zero attached hydrogens (tertiary/aromatic N) is 4. The molecule has 2 aromatic carbocycles. The Labute approximate surface area is 198 Å². The highest BCUT2D eigenvalue weighted by atomic mass is 32.2. The molecule has 3 aromatic rings. The van der Waals surface area contributed by atoms with Gasteiger partial charge in [0.2, 0.25) is 5.91 Å². The molecule has 7 nitrogen and oxygen atoms in total. The van der Waals surface area contributed by atoms with Crippen molar-refractivity contribution in [3.63, 3.8) is 0 Å². The lowest BCUT2D eigenvalue weighted by molar-refractivity contribution is -0.113. The van der Waals surface area contributed by atoms with Gasteiger partial charge in [-0.15, -0.1) is 10.2 Å². The molecule has 4 rings (SSSR count). The predicted octanol–water partition coefficient (Wildman–Crippen LogP) is 4.45. The van der Waals surface area contributed by atoms with Gasteiger partial charge in [0.05, 0.1) is 11.8 Å². The van der Waals surface area contributed by atoms with Crippen molar-refractivity contribution in [2.45, 2.75) is 44.8 Å². The second-order valence-electron chi connectivity index (χ2n) is 8.53. The molecule has 0 bridgehead atoms. The smallest absolute Gasteiger partial charge is 0.254 e. The number of hydrogen-bond donors (Lipinski definition) is 1. The standard InChI is InChI=1S/C25H29N5O2S/c1-16-11-12-20(18(3)14-16)26-22(31)15-33-25-28-27-23(29(25)4)21-10-7-13-30(21)24(32)19-9-6-5-8-17(19)2/h5-6,8-9,11-12,14,21H,7,10,13,15H2,1-4H3,(H,26,31). The van der Waals surface area contributed by atoms with Gasteiger partial charge >= 0.3 is 0 Å². The van der Waals surface area contributed by atoms with Crippen molar-refractivity contribution in [2.24, 2.45) is 7.05 Å². The van der Waals surface area contributed by atoms with Gasteiger partial charge in [-0.2, -0.15) is 0 Å². The molecule has 0 saturated carbocycles. The molecule has 0 radical (unpaired) electrons. The number of hydrogen-bond acceptors (Lipinski definition) is 5. The molecule has 172 valence electrons. The maximum atomic E-state index is 13.2. The first kappa shape index (κ1) is 23.0. The summed E-state index contributed by atoms with van der Waals surface area (Å²) in [6.07, 6.45) is 1.78. The van der Waals surface area contributed by atoms with Crippen molar-refractivity contribution in [2.75, 3.05) is 17.6 Å². The first-order valence-corrected chi connectivity index (χ1v) is 12.1. The Morgan fingerprint density at radius 1 is 1.09 bits per heavy atom. The number of carbonyl (C=O) groups excluding carboxylic acids is 2. The van der Waals surface area contributed by atoms with E-state index in [-0.39, 0.29) is 23.6 Å². The lowest BCUT2D eigenvalue weighted by Gasteiger charge is -2.24.